The summed E-state index contributed by atoms with van der Waals surface area (Å²) < 4.78 is 17.5. The van der Waals surface area contributed by atoms with Crippen molar-refractivity contribution >= 4 is 37.7 Å². The Morgan fingerprint density at radius 1 is 1.16 bits per heavy atom. The number of methoxy groups -OCH3 is 1. The maximum atomic E-state index is 14.1. The molecule has 268 valence electrons. The normalized spacial score (nSPS) is 21.6. The molecule has 50 heavy (non-hydrogen) atoms. The van der Waals surface area contributed by atoms with Crippen LogP contribution in [0.15, 0.2) is 48.7 Å². The van der Waals surface area contributed by atoms with Crippen LogP contribution in [-0.4, -0.2) is 85.4 Å². The van der Waals surface area contributed by atoms with Crippen molar-refractivity contribution in [2.75, 3.05) is 32.2 Å². The molecular formula is C37H48ClN5O6Si. The number of rotatable bonds is 11. The van der Waals surface area contributed by atoms with Gasteiger partial charge in [-0.25, -0.2) is 9.97 Å². The summed E-state index contributed by atoms with van der Waals surface area (Å²) in [5.41, 5.74) is 4.42. The van der Waals surface area contributed by atoms with E-state index in [0.717, 1.165) is 24.0 Å². The van der Waals surface area contributed by atoms with Crippen LogP contribution in [0.5, 0.6) is 0 Å². The average Bonchev–Trinajstić information content (AvgIpc) is 3.54. The highest BCUT2D eigenvalue weighted by Crippen LogP contribution is 2.43. The highest BCUT2D eigenvalue weighted by Gasteiger charge is 2.45. The van der Waals surface area contributed by atoms with E-state index in [1.54, 1.807) is 12.3 Å². The highest BCUT2D eigenvalue weighted by atomic mass is 35.5. The first-order valence-electron chi connectivity index (χ1n) is 17.3. The third kappa shape index (κ3) is 7.61. The van der Waals surface area contributed by atoms with Crippen LogP contribution in [0.3, 0.4) is 0 Å². The van der Waals surface area contributed by atoms with Crippen molar-refractivity contribution in [3.05, 3.63) is 75.9 Å². The first-order valence-corrected chi connectivity index (χ1v) is 20.6. The number of aliphatic hydroxyl groups excluding tert-OH is 1. The van der Waals surface area contributed by atoms with Gasteiger partial charge in [-0.3, -0.25) is 9.59 Å². The molecule has 3 N–H and O–H groups in total. The van der Waals surface area contributed by atoms with Crippen LogP contribution in [0.2, 0.25) is 23.2 Å². The molecule has 4 atom stereocenters. The molecule has 0 bridgehead atoms. The Hall–Kier alpha value is -3.39. The summed E-state index contributed by atoms with van der Waals surface area (Å²) in [5, 5.41) is 17.5. The number of halogens is 1. The molecule has 0 saturated carbocycles. The number of anilines is 1. The monoisotopic (exact) mass is 721 g/mol. The average molecular weight is 722 g/mol. The van der Waals surface area contributed by atoms with Gasteiger partial charge >= 0.3 is 0 Å². The number of aromatic nitrogens is 2. The summed E-state index contributed by atoms with van der Waals surface area (Å²) in [6.07, 6.45) is 2.69. The molecule has 1 saturated heterocycles. The molecule has 6 rings (SSSR count). The minimum atomic E-state index is -2.16. The van der Waals surface area contributed by atoms with Crippen molar-refractivity contribution in [2.45, 2.75) is 95.1 Å². The minimum absolute atomic E-state index is 0.00274. The Kier molecular flexibility index (Phi) is 10.7. The Labute approximate surface area is 300 Å². The quantitative estimate of drug-likeness (QED) is 0.160. The predicted octanol–water partition coefficient (Wildman–Crippen LogP) is 6.04. The number of nitrogens with zero attached hydrogens (tertiary/aromatic N) is 3. The van der Waals surface area contributed by atoms with E-state index >= 15 is 0 Å². The molecule has 3 heterocycles. The molecule has 3 aromatic rings. The summed E-state index contributed by atoms with van der Waals surface area (Å²) in [6, 6.07) is 12.8. The van der Waals surface area contributed by atoms with Crippen molar-refractivity contribution in [1.82, 2.24) is 20.2 Å². The van der Waals surface area contributed by atoms with Crippen LogP contribution >= 0.6 is 11.6 Å². The maximum Gasteiger partial charge on any atom is 0.255 e. The van der Waals surface area contributed by atoms with Crippen molar-refractivity contribution in [1.29, 1.82) is 0 Å². The number of benzene rings is 2. The van der Waals surface area contributed by atoms with E-state index in [2.05, 4.69) is 55.5 Å². The molecule has 3 aliphatic rings. The Balaban J connectivity index is 1.24. The second-order valence-electron chi connectivity index (χ2n) is 15.0. The van der Waals surface area contributed by atoms with E-state index in [4.69, 9.17) is 30.5 Å². The van der Waals surface area contributed by atoms with Crippen LogP contribution in [0.4, 0.5) is 5.95 Å². The van der Waals surface area contributed by atoms with Gasteiger partial charge in [0.1, 0.15) is 6.54 Å². The van der Waals surface area contributed by atoms with Crippen molar-refractivity contribution in [3.63, 3.8) is 0 Å². The molecule has 13 heteroatoms. The van der Waals surface area contributed by atoms with Crippen LogP contribution < -0.4 is 10.6 Å². The highest BCUT2D eigenvalue weighted by molar-refractivity contribution is 6.74. The van der Waals surface area contributed by atoms with Crippen LogP contribution in [-0.2, 0) is 25.1 Å². The lowest BCUT2D eigenvalue weighted by Crippen LogP contribution is -2.48. The predicted molar refractivity (Wildman–Crippen MR) is 194 cm³/mol. The first kappa shape index (κ1) is 36.4. The van der Waals surface area contributed by atoms with E-state index in [-0.39, 0.29) is 48.0 Å². The maximum absolute atomic E-state index is 14.1. The summed E-state index contributed by atoms with van der Waals surface area (Å²) >= 11 is 6.59. The van der Waals surface area contributed by atoms with E-state index in [0.29, 0.717) is 53.0 Å². The topological polar surface area (TPSA) is 135 Å². The number of aliphatic hydroxyl groups is 1. The number of fused-ring (bicyclic) bond motifs is 2. The van der Waals surface area contributed by atoms with Gasteiger partial charge in [0.05, 0.1) is 35.1 Å². The van der Waals surface area contributed by atoms with E-state index in [1.165, 1.54) is 12.0 Å². The zero-order valence-electron chi connectivity index (χ0n) is 29.7. The standard InChI is InChI=1S/C37H48ClN5O6Si/c1-37(2,3)50(5,6)49-30-18-22-9-7-8-10-25(22)34(30)41-31(44)21-43-29(19-32(45)47-4)26-12-11-23(17-27(26)35(43)46)33-28(38)20-39-36(42-33)40-24-13-15-48-16-14-24/h7-12,17,20,24,29-30,32,34,45H,13-16,18-19,21H2,1-6H3,(H,41,44)(H,39,40,42)/t29?,30?,32?,34-/m0/s1. The van der Waals surface area contributed by atoms with Gasteiger partial charge in [-0.05, 0) is 53.7 Å². The van der Waals surface area contributed by atoms with Gasteiger partial charge in [-0.15, -0.1) is 0 Å². The lowest BCUT2D eigenvalue weighted by Gasteiger charge is -2.40. The van der Waals surface area contributed by atoms with Gasteiger partial charge in [0.2, 0.25) is 11.9 Å². The van der Waals surface area contributed by atoms with Gasteiger partial charge < -0.3 is 34.5 Å². The minimum Gasteiger partial charge on any atom is -0.411 e. The third-order valence-electron chi connectivity index (χ3n) is 10.6. The molecule has 1 aliphatic carbocycles. The Bertz CT molecular complexity index is 1730. The number of carbonyl (C=O) groups is 2. The van der Waals surface area contributed by atoms with Gasteiger partial charge in [-0.2, -0.15) is 0 Å². The number of carbonyl (C=O) groups excluding carboxylic acids is 2. The largest absolute Gasteiger partial charge is 0.411 e. The van der Waals surface area contributed by atoms with Crippen molar-refractivity contribution in [2.24, 2.45) is 0 Å². The molecular weight excluding hydrogens is 674 g/mol. The molecule has 1 aromatic heterocycles. The number of hydrogen-bond donors (Lipinski definition) is 3. The van der Waals surface area contributed by atoms with Crippen LogP contribution in [0.25, 0.3) is 11.3 Å². The van der Waals surface area contributed by atoms with Gasteiger partial charge in [-0.1, -0.05) is 68.8 Å². The summed E-state index contributed by atoms with van der Waals surface area (Å²) in [4.78, 5) is 38.6. The molecule has 11 nitrogen and oxygen atoms in total. The lowest BCUT2D eigenvalue weighted by molar-refractivity contribution is -0.124. The van der Waals surface area contributed by atoms with E-state index < -0.39 is 20.6 Å². The van der Waals surface area contributed by atoms with Crippen molar-refractivity contribution in [3.8, 4) is 11.3 Å². The summed E-state index contributed by atoms with van der Waals surface area (Å²) in [5.74, 6) is -0.180. The van der Waals surface area contributed by atoms with E-state index in [9.17, 15) is 14.7 Å². The third-order valence-corrected chi connectivity index (χ3v) is 15.4. The molecule has 0 radical (unpaired) electrons. The van der Waals surface area contributed by atoms with Gasteiger partial charge in [0, 0.05) is 50.3 Å². The SMILES string of the molecule is COC(O)CC1c2ccc(-c3nc(NC4CCOCC4)ncc3Cl)cc2C(=O)N1CC(=O)N[C@H]1c2ccccc2CC1O[Si](C)(C)C(C)(C)C. The fourth-order valence-electron chi connectivity index (χ4n) is 6.80. The van der Waals surface area contributed by atoms with Crippen LogP contribution in [0.1, 0.15) is 79.2 Å². The molecule has 2 aromatic carbocycles. The molecule has 0 spiro atoms. The first-order chi connectivity index (χ1) is 23.8. The molecule has 1 fully saturated rings. The fourth-order valence-corrected chi connectivity index (χ4v) is 8.33. The number of nitrogens with one attached hydrogen (secondary N) is 2. The zero-order chi connectivity index (χ0) is 35.8. The van der Waals surface area contributed by atoms with Gasteiger partial charge in [0.15, 0.2) is 14.6 Å². The number of ether oxygens (including phenoxy) is 2. The molecule has 3 unspecified atom stereocenters. The van der Waals surface area contributed by atoms with Gasteiger partial charge in [0.25, 0.3) is 5.91 Å². The second kappa shape index (κ2) is 14.7. The van der Waals surface area contributed by atoms with E-state index in [1.807, 2.05) is 30.3 Å². The van der Waals surface area contributed by atoms with Crippen LogP contribution in [0, 0.1) is 0 Å². The smallest absolute Gasteiger partial charge is 0.255 e. The fraction of sp³-hybridized carbons (Fsp3) is 0.514. The Morgan fingerprint density at radius 3 is 2.62 bits per heavy atom. The number of hydrogen-bond acceptors (Lipinski definition) is 9. The number of amides is 2. The zero-order valence-corrected chi connectivity index (χ0v) is 31.4. The lowest BCUT2D eigenvalue weighted by atomic mass is 9.98. The second-order valence-corrected chi connectivity index (χ2v) is 20.1. The Morgan fingerprint density at radius 2 is 1.90 bits per heavy atom. The molecule has 2 amide bonds. The summed E-state index contributed by atoms with van der Waals surface area (Å²) in [7, 11) is -0.755. The summed E-state index contributed by atoms with van der Waals surface area (Å²) in [6.45, 7) is 12.2. The van der Waals surface area contributed by atoms with Crippen molar-refractivity contribution < 1.29 is 28.6 Å². The molecule has 2 aliphatic heterocycles.